The first-order chi connectivity index (χ1) is 16.2. The summed E-state index contributed by atoms with van der Waals surface area (Å²) in [4.78, 5) is 15.2. The number of nitrogens with zero attached hydrogens (tertiary/aromatic N) is 3. The minimum atomic E-state index is 0.552. The summed E-state index contributed by atoms with van der Waals surface area (Å²) in [6.07, 6.45) is 7.67. The molecule has 1 fully saturated rings. The molecule has 0 spiro atoms. The predicted molar refractivity (Wildman–Crippen MR) is 136 cm³/mol. The fourth-order valence-corrected chi connectivity index (χ4v) is 4.74. The average Bonchev–Trinajstić information content (AvgIpc) is 3.29. The van der Waals surface area contributed by atoms with Gasteiger partial charge in [-0.3, -0.25) is 0 Å². The molecular weight excluding hydrogens is 410 g/mol. The van der Waals surface area contributed by atoms with E-state index in [1.165, 1.54) is 24.9 Å². The number of ether oxygens (including phenoxy) is 1. The highest BCUT2D eigenvalue weighted by Gasteiger charge is 2.19. The predicted octanol–water partition coefficient (Wildman–Crippen LogP) is 6.31. The second-order valence-corrected chi connectivity index (χ2v) is 8.82. The molecule has 0 aliphatic carbocycles. The second kappa shape index (κ2) is 9.14. The number of aromatic nitrogens is 3. The largest absolute Gasteiger partial charge is 0.494 e. The summed E-state index contributed by atoms with van der Waals surface area (Å²) >= 11 is 0. The number of H-pyrrole nitrogens is 1. The summed E-state index contributed by atoms with van der Waals surface area (Å²) in [5.41, 5.74) is 6.18. The van der Waals surface area contributed by atoms with Gasteiger partial charge in [-0.1, -0.05) is 31.5 Å². The van der Waals surface area contributed by atoms with Crippen LogP contribution in [0, 0.1) is 12.8 Å². The van der Waals surface area contributed by atoms with Gasteiger partial charge in [-0.15, -0.1) is 0 Å². The van der Waals surface area contributed by atoms with Crippen LogP contribution in [0.2, 0.25) is 0 Å². The summed E-state index contributed by atoms with van der Waals surface area (Å²) < 4.78 is 5.73. The van der Waals surface area contributed by atoms with Crippen molar-refractivity contribution >= 4 is 28.2 Å². The number of piperidine rings is 1. The van der Waals surface area contributed by atoms with Crippen molar-refractivity contribution in [2.45, 2.75) is 33.1 Å². The van der Waals surface area contributed by atoms with Crippen molar-refractivity contribution in [3.63, 3.8) is 0 Å². The van der Waals surface area contributed by atoms with E-state index in [1.807, 2.05) is 31.5 Å². The monoisotopic (exact) mass is 441 g/mol. The molecule has 2 N–H and O–H groups in total. The Balaban J connectivity index is 1.41. The number of hydrogen-bond donors (Lipinski definition) is 2. The first-order valence-corrected chi connectivity index (χ1v) is 11.8. The molecular formula is C27H31N5O. The van der Waals surface area contributed by atoms with Gasteiger partial charge in [0.1, 0.15) is 5.75 Å². The van der Waals surface area contributed by atoms with Crippen molar-refractivity contribution in [2.75, 3.05) is 30.4 Å². The molecule has 0 saturated carbocycles. The lowest BCUT2D eigenvalue weighted by Gasteiger charge is -2.33. The third-order valence-electron chi connectivity index (χ3n) is 6.80. The summed E-state index contributed by atoms with van der Waals surface area (Å²) in [6.45, 7) is 6.53. The van der Waals surface area contributed by atoms with Crippen LogP contribution in [0.5, 0.6) is 5.75 Å². The summed E-state index contributed by atoms with van der Waals surface area (Å²) in [7, 11) is 1.71. The number of nitrogens with one attached hydrogen (secondary N) is 2. The quantitative estimate of drug-likeness (QED) is 0.367. The lowest BCUT2D eigenvalue weighted by Crippen LogP contribution is -2.33. The Hall–Kier alpha value is -3.54. The van der Waals surface area contributed by atoms with Gasteiger partial charge >= 0.3 is 0 Å². The highest BCUT2D eigenvalue weighted by Crippen LogP contribution is 2.35. The van der Waals surface area contributed by atoms with Gasteiger partial charge in [-0.05, 0) is 49.4 Å². The SMILES string of the molecule is CCC1CCN(c2ccc(Nc3ncc(C)c(-c4c[nH]c5ccccc45)n3)c(OC)c2)CC1. The molecule has 0 amide bonds. The number of aryl methyl sites for hydroxylation is 1. The summed E-state index contributed by atoms with van der Waals surface area (Å²) in [5.74, 6) is 2.20. The van der Waals surface area contributed by atoms with E-state index in [1.54, 1.807) is 7.11 Å². The molecule has 1 saturated heterocycles. The number of anilines is 3. The summed E-state index contributed by atoms with van der Waals surface area (Å²) in [6, 6.07) is 14.6. The van der Waals surface area contributed by atoms with E-state index >= 15 is 0 Å². The van der Waals surface area contributed by atoms with Crippen LogP contribution in [-0.2, 0) is 0 Å². The fraction of sp³-hybridized carbons (Fsp3) is 0.333. The van der Waals surface area contributed by atoms with Gasteiger partial charge in [-0.2, -0.15) is 0 Å². The molecule has 0 bridgehead atoms. The van der Waals surface area contributed by atoms with Crippen molar-refractivity contribution in [1.82, 2.24) is 15.0 Å². The minimum Gasteiger partial charge on any atom is -0.494 e. The van der Waals surface area contributed by atoms with Crippen LogP contribution in [0.15, 0.2) is 54.9 Å². The van der Waals surface area contributed by atoms with E-state index in [2.05, 4.69) is 57.4 Å². The molecule has 0 unspecified atom stereocenters. The number of benzene rings is 2. The average molecular weight is 442 g/mol. The van der Waals surface area contributed by atoms with Gasteiger partial charge in [0.2, 0.25) is 5.95 Å². The van der Waals surface area contributed by atoms with Crippen LogP contribution < -0.4 is 15.0 Å². The van der Waals surface area contributed by atoms with Crippen LogP contribution in [0.1, 0.15) is 31.7 Å². The molecule has 1 aliphatic heterocycles. The molecule has 5 rings (SSSR count). The molecule has 1 aliphatic rings. The van der Waals surface area contributed by atoms with Crippen molar-refractivity contribution in [3.05, 3.63) is 60.4 Å². The highest BCUT2D eigenvalue weighted by atomic mass is 16.5. The van der Waals surface area contributed by atoms with E-state index in [4.69, 9.17) is 9.72 Å². The Morgan fingerprint density at radius 1 is 1.15 bits per heavy atom. The van der Waals surface area contributed by atoms with Crippen molar-refractivity contribution in [3.8, 4) is 17.0 Å². The smallest absolute Gasteiger partial charge is 0.227 e. The van der Waals surface area contributed by atoms with Crippen LogP contribution in [0.3, 0.4) is 0 Å². The number of para-hydroxylation sites is 1. The van der Waals surface area contributed by atoms with Crippen LogP contribution in [-0.4, -0.2) is 35.2 Å². The zero-order chi connectivity index (χ0) is 22.8. The first-order valence-electron chi connectivity index (χ1n) is 11.8. The third kappa shape index (κ3) is 4.25. The Morgan fingerprint density at radius 2 is 1.97 bits per heavy atom. The molecule has 4 aromatic rings. The van der Waals surface area contributed by atoms with Crippen molar-refractivity contribution in [2.24, 2.45) is 5.92 Å². The zero-order valence-electron chi connectivity index (χ0n) is 19.6. The van der Waals surface area contributed by atoms with E-state index in [9.17, 15) is 0 Å². The van der Waals surface area contributed by atoms with Gasteiger partial charge in [0, 0.05) is 53.7 Å². The van der Waals surface area contributed by atoms with Crippen LogP contribution in [0.4, 0.5) is 17.3 Å². The Bertz CT molecular complexity index is 1260. The number of aromatic amines is 1. The molecule has 0 atom stereocenters. The molecule has 0 radical (unpaired) electrons. The first kappa shape index (κ1) is 21.3. The molecule has 6 heteroatoms. The van der Waals surface area contributed by atoms with Gasteiger partial charge in [0.05, 0.1) is 18.5 Å². The Labute approximate surface area is 195 Å². The minimum absolute atomic E-state index is 0.552. The maximum Gasteiger partial charge on any atom is 0.227 e. The number of fused-ring (bicyclic) bond motifs is 1. The topological polar surface area (TPSA) is 66.1 Å². The zero-order valence-corrected chi connectivity index (χ0v) is 19.6. The molecule has 6 nitrogen and oxygen atoms in total. The van der Waals surface area contributed by atoms with E-state index in [0.717, 1.165) is 58.2 Å². The van der Waals surface area contributed by atoms with Gasteiger partial charge in [-0.25, -0.2) is 9.97 Å². The number of rotatable bonds is 6. The highest BCUT2D eigenvalue weighted by molar-refractivity contribution is 5.95. The lowest BCUT2D eigenvalue weighted by molar-refractivity contribution is 0.393. The molecule has 2 aromatic carbocycles. The van der Waals surface area contributed by atoms with Gasteiger partial charge < -0.3 is 19.9 Å². The van der Waals surface area contributed by atoms with Crippen molar-refractivity contribution < 1.29 is 4.74 Å². The molecule has 170 valence electrons. The maximum absolute atomic E-state index is 5.73. The Kier molecular flexibility index (Phi) is 5.90. The van der Waals surface area contributed by atoms with Crippen molar-refractivity contribution in [1.29, 1.82) is 0 Å². The maximum atomic E-state index is 5.73. The fourth-order valence-electron chi connectivity index (χ4n) is 4.74. The second-order valence-electron chi connectivity index (χ2n) is 8.82. The third-order valence-corrected chi connectivity index (χ3v) is 6.80. The molecule has 33 heavy (non-hydrogen) atoms. The van der Waals surface area contributed by atoms with Gasteiger partial charge in [0.15, 0.2) is 0 Å². The van der Waals surface area contributed by atoms with E-state index in [-0.39, 0.29) is 0 Å². The standard InChI is InChI=1S/C27H31N5O/c1-4-19-11-13-32(14-12-19)20-9-10-24(25(15-20)33-3)30-27-29-16-18(2)26(31-27)22-17-28-23-8-6-5-7-21(22)23/h5-10,15-17,19,28H,4,11-14H2,1-3H3,(H,29,30,31). The lowest BCUT2D eigenvalue weighted by atomic mass is 9.94. The molecule has 3 heterocycles. The van der Waals surface area contributed by atoms with E-state index in [0.29, 0.717) is 5.95 Å². The Morgan fingerprint density at radius 3 is 2.76 bits per heavy atom. The van der Waals surface area contributed by atoms with Gasteiger partial charge in [0.25, 0.3) is 0 Å². The van der Waals surface area contributed by atoms with Crippen LogP contribution in [0.25, 0.3) is 22.2 Å². The summed E-state index contributed by atoms with van der Waals surface area (Å²) in [5, 5.41) is 4.52. The van der Waals surface area contributed by atoms with E-state index < -0.39 is 0 Å². The number of hydrogen-bond acceptors (Lipinski definition) is 5. The van der Waals surface area contributed by atoms with Crippen LogP contribution >= 0.6 is 0 Å². The molecule has 2 aromatic heterocycles. The normalized spacial score (nSPS) is 14.6. The number of methoxy groups -OCH3 is 1.